The van der Waals surface area contributed by atoms with Crippen LogP contribution in [-0.2, 0) is 0 Å². The van der Waals surface area contributed by atoms with Crippen molar-refractivity contribution in [1.29, 1.82) is 0 Å². The van der Waals surface area contributed by atoms with E-state index in [1.54, 1.807) is 0 Å². The second-order valence-corrected chi connectivity index (χ2v) is 16.3. The number of aromatic nitrogens is 1. The molecule has 0 saturated carbocycles. The minimum atomic E-state index is 0.889. The third kappa shape index (κ3) is 5.66. The molecule has 0 aliphatic carbocycles. The lowest BCUT2D eigenvalue weighted by Gasteiger charge is -2.29. The lowest BCUT2D eigenvalue weighted by atomic mass is 9.92. The van der Waals surface area contributed by atoms with Crippen molar-refractivity contribution in [2.24, 2.45) is 0 Å². The Balaban J connectivity index is 0.995. The number of para-hydroxylation sites is 3. The molecule has 0 unspecified atom stereocenters. The van der Waals surface area contributed by atoms with Crippen LogP contribution in [0, 0.1) is 0 Å². The van der Waals surface area contributed by atoms with Crippen molar-refractivity contribution in [1.82, 2.24) is 4.98 Å². The SMILES string of the molecule is c1ccc(-c2ccccc2N(c2cccnc2)c2ccc3cc4c5c(cccc5c3c2)Sc2cc(N(c3ccccc3)c3ccc5oc6ccccc6c5c3)ccc2-4)cc1. The maximum atomic E-state index is 6.22. The first-order valence-electron chi connectivity index (χ1n) is 20.2. The monoisotopic (exact) mass is 785 g/mol. The molecular formula is C55H35N3OS. The lowest BCUT2D eigenvalue weighted by Crippen LogP contribution is -2.11. The van der Waals surface area contributed by atoms with Crippen molar-refractivity contribution >= 4 is 89.4 Å². The highest BCUT2D eigenvalue weighted by molar-refractivity contribution is 7.99. The molecule has 3 heterocycles. The molecule has 60 heavy (non-hydrogen) atoms. The number of furan rings is 1. The molecule has 12 rings (SSSR count). The minimum Gasteiger partial charge on any atom is -0.456 e. The first-order chi connectivity index (χ1) is 29.7. The second kappa shape index (κ2) is 14.0. The normalized spacial score (nSPS) is 11.9. The van der Waals surface area contributed by atoms with E-state index in [1.807, 2.05) is 42.4 Å². The lowest BCUT2D eigenvalue weighted by molar-refractivity contribution is 0.669. The van der Waals surface area contributed by atoms with Gasteiger partial charge in [0.25, 0.3) is 0 Å². The number of nitrogens with zero attached hydrogens (tertiary/aromatic N) is 3. The van der Waals surface area contributed by atoms with Gasteiger partial charge in [0.2, 0.25) is 0 Å². The Bertz CT molecular complexity index is 3420. The van der Waals surface area contributed by atoms with Crippen molar-refractivity contribution in [3.05, 3.63) is 213 Å². The molecule has 0 N–H and O–H groups in total. The molecule has 282 valence electrons. The van der Waals surface area contributed by atoms with Gasteiger partial charge in [-0.2, -0.15) is 0 Å². The highest BCUT2D eigenvalue weighted by atomic mass is 32.2. The Kier molecular flexibility index (Phi) is 8.06. The van der Waals surface area contributed by atoms with Crippen LogP contribution in [0.1, 0.15) is 0 Å². The van der Waals surface area contributed by atoms with E-state index in [0.29, 0.717) is 0 Å². The maximum absolute atomic E-state index is 6.22. The van der Waals surface area contributed by atoms with Crippen LogP contribution < -0.4 is 9.80 Å². The fourth-order valence-corrected chi connectivity index (χ4v) is 10.2. The predicted octanol–water partition coefficient (Wildman–Crippen LogP) is 16.0. The van der Waals surface area contributed by atoms with Crippen molar-refractivity contribution in [3.63, 3.8) is 0 Å². The zero-order valence-electron chi connectivity index (χ0n) is 32.4. The number of pyridine rings is 1. The third-order valence-electron chi connectivity index (χ3n) is 11.7. The van der Waals surface area contributed by atoms with Gasteiger partial charge in [0.1, 0.15) is 11.2 Å². The van der Waals surface area contributed by atoms with Crippen molar-refractivity contribution in [2.75, 3.05) is 9.80 Å². The Hall–Kier alpha value is -7.60. The number of anilines is 6. The number of hydrogen-bond acceptors (Lipinski definition) is 5. The molecule has 4 nitrogen and oxygen atoms in total. The van der Waals surface area contributed by atoms with Crippen LogP contribution in [0.2, 0.25) is 0 Å². The molecule has 0 atom stereocenters. The van der Waals surface area contributed by atoms with Gasteiger partial charge in [-0.15, -0.1) is 0 Å². The maximum Gasteiger partial charge on any atom is 0.135 e. The zero-order valence-corrected chi connectivity index (χ0v) is 33.2. The molecule has 0 amide bonds. The second-order valence-electron chi connectivity index (χ2n) is 15.2. The Labute approximate surface area is 351 Å². The van der Waals surface area contributed by atoms with Crippen LogP contribution in [0.4, 0.5) is 34.1 Å². The molecule has 1 aliphatic rings. The molecule has 1 aliphatic heterocycles. The fourth-order valence-electron chi connectivity index (χ4n) is 9.00. The molecule has 5 heteroatoms. The van der Waals surface area contributed by atoms with Gasteiger partial charge in [0.05, 0.1) is 17.6 Å². The van der Waals surface area contributed by atoms with E-state index in [9.17, 15) is 0 Å². The predicted molar refractivity (Wildman–Crippen MR) is 251 cm³/mol. The van der Waals surface area contributed by atoms with E-state index in [-0.39, 0.29) is 0 Å². The largest absolute Gasteiger partial charge is 0.456 e. The molecule has 0 bridgehead atoms. The number of benzene rings is 9. The van der Waals surface area contributed by atoms with Gasteiger partial charge in [-0.1, -0.05) is 121 Å². The van der Waals surface area contributed by atoms with Gasteiger partial charge in [-0.05, 0) is 124 Å². The molecule has 2 aromatic heterocycles. The van der Waals surface area contributed by atoms with Crippen molar-refractivity contribution < 1.29 is 4.42 Å². The summed E-state index contributed by atoms with van der Waals surface area (Å²) in [6, 6.07) is 71.8. The van der Waals surface area contributed by atoms with Crippen molar-refractivity contribution in [2.45, 2.75) is 9.79 Å². The van der Waals surface area contributed by atoms with Gasteiger partial charge in [-0.25, -0.2) is 0 Å². The highest BCUT2D eigenvalue weighted by Gasteiger charge is 2.25. The summed E-state index contributed by atoms with van der Waals surface area (Å²) >= 11 is 1.85. The summed E-state index contributed by atoms with van der Waals surface area (Å²) in [6.07, 6.45) is 3.78. The molecule has 9 aromatic carbocycles. The van der Waals surface area contributed by atoms with Gasteiger partial charge in [-0.3, -0.25) is 4.98 Å². The number of fused-ring (bicyclic) bond motifs is 7. The summed E-state index contributed by atoms with van der Waals surface area (Å²) < 4.78 is 6.22. The summed E-state index contributed by atoms with van der Waals surface area (Å²) in [4.78, 5) is 11.7. The summed E-state index contributed by atoms with van der Waals surface area (Å²) in [5.41, 5.74) is 13.1. The molecule has 0 saturated heterocycles. The van der Waals surface area contributed by atoms with Crippen LogP contribution in [0.5, 0.6) is 0 Å². The molecule has 0 radical (unpaired) electrons. The van der Waals surface area contributed by atoms with Gasteiger partial charge >= 0.3 is 0 Å². The molecular weight excluding hydrogens is 751 g/mol. The smallest absolute Gasteiger partial charge is 0.135 e. The Morgan fingerprint density at radius 1 is 0.400 bits per heavy atom. The topological polar surface area (TPSA) is 32.5 Å². The standard InChI is InChI=1S/C55H35N3OS/c1-3-13-36(14-4-1)43-18-7-9-21-50(43)58(42-17-12-30-56-35-42)40-25-24-37-31-49-45-28-26-41(34-54(45)60-53-23-11-20-46(55(49)53)47(37)32-40)57(38-15-5-2-6-16-38)39-27-29-52-48(33-39)44-19-8-10-22-51(44)59-52/h1-35H. The van der Waals surface area contributed by atoms with E-state index in [2.05, 4.69) is 197 Å². The molecule has 0 fully saturated rings. The van der Waals surface area contributed by atoms with Gasteiger partial charge in [0.15, 0.2) is 0 Å². The first kappa shape index (κ1) is 34.4. The van der Waals surface area contributed by atoms with Crippen LogP contribution in [0.15, 0.2) is 227 Å². The average Bonchev–Trinajstić information content (AvgIpc) is 3.69. The molecule has 0 spiro atoms. The van der Waals surface area contributed by atoms with Crippen molar-refractivity contribution in [3.8, 4) is 22.3 Å². The fraction of sp³-hybridized carbons (Fsp3) is 0. The van der Waals surface area contributed by atoms with E-state index < -0.39 is 0 Å². The highest BCUT2D eigenvalue weighted by Crippen LogP contribution is 2.52. The van der Waals surface area contributed by atoms with Crippen LogP contribution in [0.3, 0.4) is 0 Å². The Morgan fingerprint density at radius 2 is 1.10 bits per heavy atom. The summed E-state index contributed by atoms with van der Waals surface area (Å²) in [6.45, 7) is 0. The Morgan fingerprint density at radius 3 is 1.98 bits per heavy atom. The third-order valence-corrected chi connectivity index (χ3v) is 12.8. The van der Waals surface area contributed by atoms with Crippen LogP contribution in [-0.4, -0.2) is 4.98 Å². The summed E-state index contributed by atoms with van der Waals surface area (Å²) in [5, 5.41) is 7.19. The van der Waals surface area contributed by atoms with Crippen LogP contribution in [0.25, 0.3) is 65.7 Å². The van der Waals surface area contributed by atoms with E-state index >= 15 is 0 Å². The quantitative estimate of drug-likeness (QED) is 0.150. The summed E-state index contributed by atoms with van der Waals surface area (Å²) in [5.74, 6) is 0. The van der Waals surface area contributed by atoms with E-state index in [0.717, 1.165) is 61.6 Å². The van der Waals surface area contributed by atoms with Gasteiger partial charge < -0.3 is 14.2 Å². The number of rotatable bonds is 7. The van der Waals surface area contributed by atoms with E-state index in [4.69, 9.17) is 4.42 Å². The first-order valence-corrected chi connectivity index (χ1v) is 21.0. The van der Waals surface area contributed by atoms with E-state index in [1.165, 1.54) is 48.0 Å². The average molecular weight is 786 g/mol. The van der Waals surface area contributed by atoms with Gasteiger partial charge in [0, 0.05) is 60.5 Å². The van der Waals surface area contributed by atoms with Crippen LogP contribution >= 0.6 is 11.8 Å². The minimum absolute atomic E-state index is 0.889. The molecule has 11 aromatic rings. The zero-order chi connectivity index (χ0) is 39.6. The summed E-state index contributed by atoms with van der Waals surface area (Å²) in [7, 11) is 0. The number of hydrogen-bond donors (Lipinski definition) is 0.